The summed E-state index contributed by atoms with van der Waals surface area (Å²) in [6.45, 7) is 2.16. The minimum atomic E-state index is -0.186. The van der Waals surface area contributed by atoms with Crippen molar-refractivity contribution in [2.75, 3.05) is 0 Å². The molecule has 0 unspecified atom stereocenters. The van der Waals surface area contributed by atoms with Crippen molar-refractivity contribution in [1.29, 1.82) is 0 Å². The van der Waals surface area contributed by atoms with Crippen molar-refractivity contribution in [2.24, 2.45) is 0 Å². The van der Waals surface area contributed by atoms with Crippen LogP contribution >= 0.6 is 0 Å². The number of carbonyl (C=O) groups excluding carboxylic acids is 1. The van der Waals surface area contributed by atoms with Gasteiger partial charge >= 0.3 is 0 Å². The average Bonchev–Trinajstić information content (AvgIpc) is 2.80. The van der Waals surface area contributed by atoms with Crippen LogP contribution in [0.3, 0.4) is 0 Å². The molecule has 4 aromatic rings. The third-order valence-corrected chi connectivity index (χ3v) is 5.14. The van der Waals surface area contributed by atoms with Gasteiger partial charge in [0.15, 0.2) is 0 Å². The molecule has 150 valence electrons. The fourth-order valence-corrected chi connectivity index (χ4v) is 3.54. The summed E-state index contributed by atoms with van der Waals surface area (Å²) in [6, 6.07) is 26.9. The Morgan fingerprint density at radius 2 is 1.50 bits per heavy atom. The zero-order valence-electron chi connectivity index (χ0n) is 16.8. The van der Waals surface area contributed by atoms with Gasteiger partial charge < -0.3 is 5.32 Å². The Balaban J connectivity index is 1.58. The third-order valence-electron chi connectivity index (χ3n) is 5.14. The summed E-state index contributed by atoms with van der Waals surface area (Å²) in [5.74, 6) is -0.116. The van der Waals surface area contributed by atoms with Crippen molar-refractivity contribution in [1.82, 2.24) is 15.1 Å². The van der Waals surface area contributed by atoms with E-state index in [2.05, 4.69) is 10.4 Å². The molecule has 1 N–H and O–H groups in total. The second kappa shape index (κ2) is 8.74. The highest BCUT2D eigenvalue weighted by Crippen LogP contribution is 2.24. The van der Waals surface area contributed by atoms with Gasteiger partial charge in [-0.15, -0.1) is 0 Å². The van der Waals surface area contributed by atoms with E-state index in [9.17, 15) is 9.59 Å². The predicted octanol–water partition coefficient (Wildman–Crippen LogP) is 4.33. The van der Waals surface area contributed by atoms with E-state index in [1.807, 2.05) is 85.8 Å². The molecule has 0 aliphatic carbocycles. The lowest BCUT2D eigenvalue weighted by Gasteiger charge is -2.15. The zero-order valence-corrected chi connectivity index (χ0v) is 16.8. The predicted molar refractivity (Wildman–Crippen MR) is 119 cm³/mol. The summed E-state index contributed by atoms with van der Waals surface area (Å²) < 4.78 is 1.40. The Morgan fingerprint density at radius 3 is 2.20 bits per heavy atom. The van der Waals surface area contributed by atoms with Gasteiger partial charge in [0.2, 0.25) is 5.91 Å². The van der Waals surface area contributed by atoms with Gasteiger partial charge in [0.05, 0.1) is 23.7 Å². The lowest BCUT2D eigenvalue weighted by atomic mass is 10.1. The highest BCUT2D eigenvalue weighted by atomic mass is 16.2. The molecule has 30 heavy (non-hydrogen) atoms. The van der Waals surface area contributed by atoms with E-state index < -0.39 is 0 Å². The number of nitrogens with zero attached hydrogens (tertiary/aromatic N) is 2. The number of hydrogen-bond acceptors (Lipinski definition) is 3. The summed E-state index contributed by atoms with van der Waals surface area (Å²) in [7, 11) is 0. The molecule has 0 saturated heterocycles. The van der Waals surface area contributed by atoms with E-state index in [4.69, 9.17) is 0 Å². The van der Waals surface area contributed by atoms with E-state index >= 15 is 0 Å². The molecule has 1 aromatic heterocycles. The average molecular weight is 397 g/mol. The first-order valence-electron chi connectivity index (χ1n) is 10.0. The number of fused-ring (bicyclic) bond motifs is 1. The Bertz CT molecular complexity index is 1220. The molecule has 0 radical (unpaired) electrons. The van der Waals surface area contributed by atoms with E-state index in [1.54, 1.807) is 6.07 Å². The van der Waals surface area contributed by atoms with Crippen LogP contribution < -0.4 is 10.9 Å². The highest BCUT2D eigenvalue weighted by molar-refractivity contribution is 5.93. The number of hydrogen-bond donors (Lipinski definition) is 1. The maximum absolute atomic E-state index is 12.9. The number of aryl methyl sites for hydroxylation is 1. The molecule has 0 spiro atoms. The van der Waals surface area contributed by atoms with Crippen molar-refractivity contribution >= 4 is 16.7 Å². The molecule has 0 fully saturated rings. The molecule has 5 heteroatoms. The van der Waals surface area contributed by atoms with E-state index in [1.165, 1.54) is 4.68 Å². The van der Waals surface area contributed by atoms with Crippen molar-refractivity contribution in [3.8, 4) is 11.3 Å². The quantitative estimate of drug-likeness (QED) is 0.527. The van der Waals surface area contributed by atoms with Gasteiger partial charge in [0, 0.05) is 17.4 Å². The van der Waals surface area contributed by atoms with Crippen LogP contribution in [-0.4, -0.2) is 15.7 Å². The largest absolute Gasteiger partial charge is 0.350 e. The molecular formula is C25H23N3O2. The van der Waals surface area contributed by atoms with E-state index in [-0.39, 0.29) is 30.5 Å². The number of carbonyl (C=O) groups is 1. The van der Waals surface area contributed by atoms with E-state index in [0.717, 1.165) is 22.2 Å². The Labute approximate surface area is 175 Å². The van der Waals surface area contributed by atoms with Gasteiger partial charge in [-0.3, -0.25) is 9.59 Å². The first-order chi connectivity index (χ1) is 14.6. The monoisotopic (exact) mass is 397 g/mol. The van der Waals surface area contributed by atoms with Crippen LogP contribution in [0.2, 0.25) is 0 Å². The number of amides is 1. The summed E-state index contributed by atoms with van der Waals surface area (Å²) in [6.07, 6.45) is 0.177. The first kappa shape index (κ1) is 19.6. The minimum Gasteiger partial charge on any atom is -0.350 e. The van der Waals surface area contributed by atoms with Gasteiger partial charge in [-0.1, -0.05) is 78.9 Å². The van der Waals surface area contributed by atoms with Gasteiger partial charge in [0.25, 0.3) is 5.56 Å². The molecule has 5 nitrogen and oxygen atoms in total. The van der Waals surface area contributed by atoms with Crippen LogP contribution in [0.5, 0.6) is 0 Å². The van der Waals surface area contributed by atoms with Gasteiger partial charge in [-0.05, 0) is 18.6 Å². The Kier molecular flexibility index (Phi) is 5.70. The molecule has 1 atom stereocenters. The highest BCUT2D eigenvalue weighted by Gasteiger charge is 2.14. The fourth-order valence-electron chi connectivity index (χ4n) is 3.54. The molecular weight excluding hydrogens is 374 g/mol. The van der Waals surface area contributed by atoms with Crippen LogP contribution in [0.4, 0.5) is 0 Å². The number of benzene rings is 3. The van der Waals surface area contributed by atoms with Crippen LogP contribution in [0, 0.1) is 0 Å². The topological polar surface area (TPSA) is 64.0 Å². The second-order valence-electron chi connectivity index (χ2n) is 7.24. The number of nitrogens with one attached hydrogen (secondary N) is 1. The molecule has 4 rings (SSSR count). The second-order valence-corrected chi connectivity index (χ2v) is 7.24. The summed E-state index contributed by atoms with van der Waals surface area (Å²) in [4.78, 5) is 25.4. The van der Waals surface area contributed by atoms with Crippen molar-refractivity contribution in [3.63, 3.8) is 0 Å². The van der Waals surface area contributed by atoms with Crippen LogP contribution in [0.1, 0.15) is 24.9 Å². The van der Waals surface area contributed by atoms with Crippen LogP contribution in [0.25, 0.3) is 22.0 Å². The lowest BCUT2D eigenvalue weighted by molar-refractivity contribution is -0.122. The molecule has 0 saturated carbocycles. The molecule has 0 bridgehead atoms. The Morgan fingerprint density at radius 1 is 0.900 bits per heavy atom. The summed E-state index contributed by atoms with van der Waals surface area (Å²) in [5, 5.41) is 9.00. The molecule has 0 aliphatic heterocycles. The lowest BCUT2D eigenvalue weighted by Crippen LogP contribution is -2.30. The zero-order chi connectivity index (χ0) is 20.9. The fraction of sp³-hybridized carbons (Fsp3) is 0.160. The molecule has 1 heterocycles. The smallest absolute Gasteiger partial charge is 0.274 e. The summed E-state index contributed by atoms with van der Waals surface area (Å²) in [5.41, 5.74) is 2.53. The first-order valence-corrected chi connectivity index (χ1v) is 10.0. The molecule has 3 aromatic carbocycles. The minimum absolute atomic E-state index is 0.0973. The van der Waals surface area contributed by atoms with Crippen molar-refractivity contribution < 1.29 is 4.79 Å². The third kappa shape index (κ3) is 4.15. The summed E-state index contributed by atoms with van der Waals surface area (Å²) >= 11 is 0. The van der Waals surface area contributed by atoms with Gasteiger partial charge in [-0.2, -0.15) is 5.10 Å². The van der Waals surface area contributed by atoms with Crippen LogP contribution in [-0.2, 0) is 11.3 Å². The van der Waals surface area contributed by atoms with Crippen molar-refractivity contribution in [2.45, 2.75) is 25.9 Å². The Hall–Kier alpha value is -3.73. The molecule has 0 aliphatic rings. The maximum Gasteiger partial charge on any atom is 0.274 e. The van der Waals surface area contributed by atoms with Crippen molar-refractivity contribution in [3.05, 3.63) is 101 Å². The normalized spacial score (nSPS) is 11.9. The number of rotatable bonds is 6. The molecule has 1 amide bonds. The SMILES string of the molecule is C[C@H](NC(=O)CCn1nc(-c2ccccc2)c2ccccc2c1=O)c1ccccc1. The van der Waals surface area contributed by atoms with Crippen LogP contribution in [0.15, 0.2) is 89.7 Å². The van der Waals surface area contributed by atoms with E-state index in [0.29, 0.717) is 5.39 Å². The maximum atomic E-state index is 12.9. The van der Waals surface area contributed by atoms with Gasteiger partial charge in [-0.25, -0.2) is 4.68 Å². The standard InChI is InChI=1S/C25H23N3O2/c1-18(19-10-4-2-5-11-19)26-23(29)16-17-28-25(30)22-15-9-8-14-21(22)24(27-28)20-12-6-3-7-13-20/h2-15,18H,16-17H2,1H3,(H,26,29)/t18-/m0/s1. The van der Waals surface area contributed by atoms with Gasteiger partial charge in [0.1, 0.15) is 0 Å². The number of aromatic nitrogens is 2.